The second-order valence-electron chi connectivity index (χ2n) is 5.06. The van der Waals surface area contributed by atoms with Crippen molar-refractivity contribution in [3.8, 4) is 11.1 Å². The fourth-order valence-corrected chi connectivity index (χ4v) is 2.73. The smallest absolute Gasteiger partial charge is 0.134 e. The molecule has 0 radical (unpaired) electrons. The summed E-state index contributed by atoms with van der Waals surface area (Å²) in [5, 5.41) is 0. The van der Waals surface area contributed by atoms with Crippen LogP contribution >= 0.6 is 0 Å². The van der Waals surface area contributed by atoms with Crippen LogP contribution in [0, 0.1) is 25.5 Å². The Morgan fingerprint density at radius 3 is 2.38 bits per heavy atom. The van der Waals surface area contributed by atoms with Crippen LogP contribution in [0.5, 0.6) is 0 Å². The monoisotopic (exact) mass is 287 g/mol. The van der Waals surface area contributed by atoms with E-state index in [9.17, 15) is 8.78 Å². The number of hydrogen-bond acceptors (Lipinski definition) is 2. The predicted molar refractivity (Wildman–Crippen MR) is 78.0 cm³/mol. The first-order chi connectivity index (χ1) is 10.0. The van der Waals surface area contributed by atoms with Crippen LogP contribution in [0.15, 0.2) is 24.5 Å². The summed E-state index contributed by atoms with van der Waals surface area (Å²) in [5.74, 6) is -0.360. The number of pyridine rings is 1. The fourth-order valence-electron chi connectivity index (χ4n) is 2.73. The third-order valence-corrected chi connectivity index (χ3v) is 3.61. The number of halogens is 2. The van der Waals surface area contributed by atoms with Gasteiger partial charge in [0.1, 0.15) is 23.0 Å². The van der Waals surface area contributed by atoms with Crippen LogP contribution in [-0.4, -0.2) is 14.5 Å². The van der Waals surface area contributed by atoms with Gasteiger partial charge in [-0.2, -0.15) is 0 Å². The Morgan fingerprint density at radius 2 is 1.76 bits per heavy atom. The highest BCUT2D eigenvalue weighted by Gasteiger charge is 2.19. The molecule has 2 aromatic heterocycles. The Bertz CT molecular complexity index is 814. The third-order valence-electron chi connectivity index (χ3n) is 3.61. The number of rotatable bonds is 2. The number of benzene rings is 1. The molecule has 1 aromatic carbocycles. The summed E-state index contributed by atoms with van der Waals surface area (Å²) in [6, 6.07) is 2.66. The lowest BCUT2D eigenvalue weighted by molar-refractivity contribution is 0.587. The van der Waals surface area contributed by atoms with Gasteiger partial charge in [-0.3, -0.25) is 4.98 Å². The third kappa shape index (κ3) is 2.09. The van der Waals surface area contributed by atoms with Gasteiger partial charge in [-0.15, -0.1) is 0 Å². The van der Waals surface area contributed by atoms with Crippen molar-refractivity contribution in [2.45, 2.75) is 27.3 Å². The molecule has 0 aliphatic rings. The molecule has 0 fully saturated rings. The van der Waals surface area contributed by atoms with Crippen molar-refractivity contribution in [3.05, 3.63) is 47.5 Å². The molecule has 0 atom stereocenters. The van der Waals surface area contributed by atoms with E-state index >= 15 is 0 Å². The minimum atomic E-state index is -0.580. The van der Waals surface area contributed by atoms with Gasteiger partial charge in [-0.1, -0.05) is 0 Å². The first kappa shape index (κ1) is 13.7. The van der Waals surface area contributed by atoms with Crippen LogP contribution in [0.4, 0.5) is 8.78 Å². The molecule has 108 valence electrons. The lowest BCUT2D eigenvalue weighted by atomic mass is 10.0. The van der Waals surface area contributed by atoms with E-state index in [1.165, 1.54) is 18.3 Å². The molecule has 0 aliphatic heterocycles. The zero-order valence-electron chi connectivity index (χ0n) is 12.1. The second kappa shape index (κ2) is 4.91. The van der Waals surface area contributed by atoms with E-state index in [0.717, 1.165) is 5.82 Å². The number of hydrogen-bond donors (Lipinski definition) is 0. The van der Waals surface area contributed by atoms with Crippen LogP contribution in [0.2, 0.25) is 0 Å². The maximum atomic E-state index is 14.3. The largest absolute Gasteiger partial charge is 0.328 e. The number of fused-ring (bicyclic) bond motifs is 1. The molecule has 3 nitrogen and oxygen atoms in total. The van der Waals surface area contributed by atoms with Crippen LogP contribution in [-0.2, 0) is 6.54 Å². The minimum Gasteiger partial charge on any atom is -0.328 e. The molecule has 0 saturated heterocycles. The molecule has 3 rings (SSSR count). The normalized spacial score (nSPS) is 11.3. The maximum Gasteiger partial charge on any atom is 0.134 e. The molecule has 0 amide bonds. The Kier molecular flexibility index (Phi) is 3.20. The van der Waals surface area contributed by atoms with Gasteiger partial charge in [0.05, 0.1) is 17.3 Å². The highest BCUT2D eigenvalue weighted by Crippen LogP contribution is 2.32. The Hall–Kier alpha value is -2.30. The summed E-state index contributed by atoms with van der Waals surface area (Å²) < 4.78 is 30.5. The summed E-state index contributed by atoms with van der Waals surface area (Å²) in [6.07, 6.45) is 3.11. The van der Waals surface area contributed by atoms with Crippen LogP contribution in [0.25, 0.3) is 22.2 Å². The van der Waals surface area contributed by atoms with Crippen LogP contribution in [0.3, 0.4) is 0 Å². The van der Waals surface area contributed by atoms with E-state index in [1.807, 2.05) is 18.4 Å². The van der Waals surface area contributed by atoms with Gasteiger partial charge < -0.3 is 4.57 Å². The Balaban J connectivity index is 2.41. The standard InChI is InChI=1S/C16H15F2N3/c1-4-21-10(3)20-14-8-19-7-11(16(14)21)15-12(17)5-9(2)6-13(15)18/h5-8H,4H2,1-3H3. The van der Waals surface area contributed by atoms with Gasteiger partial charge in [0.2, 0.25) is 0 Å². The van der Waals surface area contributed by atoms with E-state index in [2.05, 4.69) is 9.97 Å². The molecule has 0 aliphatic carbocycles. The lowest BCUT2D eigenvalue weighted by Gasteiger charge is -2.10. The zero-order valence-corrected chi connectivity index (χ0v) is 12.1. The Labute approximate surface area is 121 Å². The van der Waals surface area contributed by atoms with E-state index < -0.39 is 11.6 Å². The fraction of sp³-hybridized carbons (Fsp3) is 0.250. The summed E-state index contributed by atoms with van der Waals surface area (Å²) in [6.45, 7) is 6.18. The van der Waals surface area contributed by atoms with Crippen LogP contribution < -0.4 is 0 Å². The number of aromatic nitrogens is 3. The SMILES string of the molecule is CCn1c(C)nc2cncc(-c3c(F)cc(C)cc3F)c21. The summed E-state index contributed by atoms with van der Waals surface area (Å²) in [4.78, 5) is 8.48. The maximum absolute atomic E-state index is 14.3. The van der Waals surface area contributed by atoms with Gasteiger partial charge in [-0.25, -0.2) is 13.8 Å². The van der Waals surface area contributed by atoms with Crippen molar-refractivity contribution >= 4 is 11.0 Å². The molecule has 5 heteroatoms. The topological polar surface area (TPSA) is 30.7 Å². The van der Waals surface area contributed by atoms with Crippen molar-refractivity contribution in [1.29, 1.82) is 0 Å². The van der Waals surface area contributed by atoms with Crippen molar-refractivity contribution in [1.82, 2.24) is 14.5 Å². The molecule has 0 unspecified atom stereocenters. The van der Waals surface area contributed by atoms with Gasteiger partial charge >= 0.3 is 0 Å². The quantitative estimate of drug-likeness (QED) is 0.713. The highest BCUT2D eigenvalue weighted by molar-refractivity contribution is 5.92. The molecular formula is C16H15F2N3. The molecule has 21 heavy (non-hydrogen) atoms. The molecule has 0 bridgehead atoms. The van der Waals surface area contributed by atoms with E-state index in [-0.39, 0.29) is 5.56 Å². The summed E-state index contributed by atoms with van der Waals surface area (Å²) >= 11 is 0. The van der Waals surface area contributed by atoms with E-state index in [0.29, 0.717) is 28.7 Å². The summed E-state index contributed by atoms with van der Waals surface area (Å²) in [5.41, 5.74) is 2.30. The zero-order chi connectivity index (χ0) is 15.1. The van der Waals surface area contributed by atoms with Gasteiger partial charge in [-0.05, 0) is 38.5 Å². The minimum absolute atomic E-state index is 0.0479. The second-order valence-corrected chi connectivity index (χ2v) is 5.06. The first-order valence-electron chi connectivity index (χ1n) is 6.79. The highest BCUT2D eigenvalue weighted by atomic mass is 19.1. The molecule has 0 N–H and O–H groups in total. The van der Waals surface area contributed by atoms with Crippen molar-refractivity contribution in [3.63, 3.8) is 0 Å². The van der Waals surface area contributed by atoms with Crippen molar-refractivity contribution in [2.75, 3.05) is 0 Å². The van der Waals surface area contributed by atoms with Gasteiger partial charge in [0, 0.05) is 18.3 Å². The predicted octanol–water partition coefficient (Wildman–Crippen LogP) is 4.01. The van der Waals surface area contributed by atoms with Gasteiger partial charge in [0.25, 0.3) is 0 Å². The van der Waals surface area contributed by atoms with Crippen molar-refractivity contribution < 1.29 is 8.78 Å². The van der Waals surface area contributed by atoms with E-state index in [4.69, 9.17) is 0 Å². The molecule has 3 aromatic rings. The van der Waals surface area contributed by atoms with Crippen molar-refractivity contribution in [2.24, 2.45) is 0 Å². The summed E-state index contributed by atoms with van der Waals surface area (Å²) in [7, 11) is 0. The first-order valence-corrected chi connectivity index (χ1v) is 6.79. The lowest BCUT2D eigenvalue weighted by Crippen LogP contribution is -2.00. The number of aryl methyl sites for hydroxylation is 3. The van der Waals surface area contributed by atoms with E-state index in [1.54, 1.807) is 13.1 Å². The Morgan fingerprint density at radius 1 is 1.10 bits per heavy atom. The average Bonchev–Trinajstić information content (AvgIpc) is 2.73. The molecule has 2 heterocycles. The number of nitrogens with zero attached hydrogens (tertiary/aromatic N) is 3. The van der Waals surface area contributed by atoms with Crippen LogP contribution in [0.1, 0.15) is 18.3 Å². The molecule has 0 saturated carbocycles. The average molecular weight is 287 g/mol. The van der Waals surface area contributed by atoms with Gasteiger partial charge in [0.15, 0.2) is 0 Å². The number of imidazole rings is 1. The molecule has 0 spiro atoms. The molecular weight excluding hydrogens is 272 g/mol.